The number of aliphatic hydroxyl groups is 1. The van der Waals surface area contributed by atoms with Gasteiger partial charge in [0.05, 0.1) is 56.0 Å². The summed E-state index contributed by atoms with van der Waals surface area (Å²) in [5.41, 5.74) is 15.7. The van der Waals surface area contributed by atoms with Gasteiger partial charge in [0.25, 0.3) is 0 Å². The number of nitrogens with two attached hydrogens (primary N) is 2. The minimum Gasteiger partial charge on any atom is -0.508 e. The molecular weight excluding hydrogens is 1940 g/mol. The molecule has 0 aliphatic carbocycles. The largest absolute Gasteiger partial charge is 0.508 e. The molecule has 11 aromatic rings. The lowest BCUT2D eigenvalue weighted by Gasteiger charge is -2.30. The number of phenols is 3. The van der Waals surface area contributed by atoms with Gasteiger partial charge in [-0.05, 0) is 108 Å². The number of rotatable bonds is 36. The fourth-order valence-corrected chi connectivity index (χ4v) is 17.6. The van der Waals surface area contributed by atoms with E-state index >= 15 is 33.6 Å². The molecule has 0 spiro atoms. The van der Waals surface area contributed by atoms with Crippen molar-refractivity contribution in [3.8, 4) is 17.2 Å². The van der Waals surface area contributed by atoms with E-state index in [2.05, 4.69) is 105 Å². The maximum absolute atomic E-state index is 15.9. The van der Waals surface area contributed by atoms with Crippen molar-refractivity contribution >= 4 is 145 Å². The number of aliphatic hydroxyl groups excluding tert-OH is 1. The predicted molar refractivity (Wildman–Crippen MR) is 537 cm³/mol. The third-order valence-corrected chi connectivity index (χ3v) is 25.4. The molecule has 0 saturated carbocycles. The topological polar surface area (TPSA) is 737 Å². The lowest BCUT2D eigenvalue weighted by atomic mass is 10.00. The van der Waals surface area contributed by atoms with Crippen molar-refractivity contribution < 1.29 is 117 Å². The van der Waals surface area contributed by atoms with Gasteiger partial charge in [-0.25, -0.2) is 9.78 Å². The number of hydrogen-bond donors (Lipinski definition) is 26. The molecule has 7 aromatic carbocycles. The Balaban J connectivity index is 0.784. The number of imidazole rings is 1. The molecule has 28 N–H and O–H groups in total. The predicted octanol–water partition coefficient (Wildman–Crippen LogP) is -2.62. The van der Waals surface area contributed by atoms with Crippen molar-refractivity contribution in [3.05, 3.63) is 252 Å². The van der Waals surface area contributed by atoms with Crippen molar-refractivity contribution in [2.24, 2.45) is 11.5 Å². The first-order chi connectivity index (χ1) is 71.8. The van der Waals surface area contributed by atoms with E-state index in [0.717, 1.165) is 11.8 Å². The molecule has 47 heteroatoms. The third kappa shape index (κ3) is 30.0. The van der Waals surface area contributed by atoms with Gasteiger partial charge in [0.15, 0.2) is 0 Å². The zero-order chi connectivity index (χ0) is 108. The standard InChI is InChI=1S/C103H115N23O24/c1-53-102(148)126-34-14-24-81(126)100(146)123-79(45-85(133)109-50-86(134)114-77(43-83(104)131)97(143)119-75(40-60-47-108-69-23-12-10-20-66(60)69)96(142)121-76(42-62-49-106-52-112-62)90(136)111-51-87(135)125-88(54(2)127)101(147)113-53)99(145)120-74(39-59-46-107-68-22-11-9-19-65(59)68)95(141)117-70(35-55-15-5-3-6-16-55)91(137)115-71(36-56-17-7-4-8-18-56)93(139)122-78(44-84(105)132)98(144)118-72(37-57-26-30-63(128)31-27-57)92(138)116-73(38-58-28-32-64(129)33-29-58)94(140)124-80(103(149)150)41-61-48-110-89-67(61)21-13-25-82(89)130/h3-13,15-23,25-33,46-49,52-54,70-81,88,107-108,110,127-130H,14,24,34-45,50-51H2,1-2H3,(H2,104,131)(H2,105,132)(H,106,112)(H,109,133)(H,111,136)(H,113,147)(H,114,134)(H,115,137)(H,116,138)(H,117,141)(H,118,144)(H,119,143)(H,120,145)(H,121,142)(H,122,139)(H,123,146)(H,124,140)(H,125,135)(H,149,150)/t53-,54+,70-,71-,72-,73-,74-,75?,76-,77-,78-,79-,80-,81-,88-/m0/s1. The molecule has 0 bridgehead atoms. The number of H-pyrrole nitrogens is 4. The number of para-hydroxylation sites is 3. The van der Waals surface area contributed by atoms with Crippen LogP contribution in [0.25, 0.3) is 32.7 Å². The number of carboxylic acid groups (broad SMARTS) is 1. The summed E-state index contributed by atoms with van der Waals surface area (Å²) in [5.74, 6) is -22.3. The summed E-state index contributed by atoms with van der Waals surface area (Å²) in [6.07, 6.45) is -0.616. The lowest BCUT2D eigenvalue weighted by molar-refractivity contribution is -0.143. The van der Waals surface area contributed by atoms with Crippen LogP contribution >= 0.6 is 0 Å². The molecule has 18 amide bonds. The van der Waals surface area contributed by atoms with E-state index in [1.54, 1.807) is 121 Å². The van der Waals surface area contributed by atoms with E-state index in [-0.39, 0.29) is 79.1 Å². The van der Waals surface area contributed by atoms with Crippen molar-refractivity contribution in [2.75, 3.05) is 19.6 Å². The van der Waals surface area contributed by atoms with Crippen molar-refractivity contribution in [2.45, 2.75) is 188 Å². The van der Waals surface area contributed by atoms with Crippen LogP contribution in [0.1, 0.15) is 90.6 Å². The van der Waals surface area contributed by atoms with Crippen LogP contribution in [-0.2, 0) is 142 Å². The van der Waals surface area contributed by atoms with E-state index in [0.29, 0.717) is 60.6 Å². The Hall–Kier alpha value is -18.3. The normalized spacial score (nSPS) is 19.0. The quantitative estimate of drug-likeness (QED) is 0.0191. The Bertz CT molecular complexity index is 6800. The fourth-order valence-electron chi connectivity index (χ4n) is 17.6. The third-order valence-electron chi connectivity index (χ3n) is 25.4. The molecule has 4 aromatic heterocycles. The van der Waals surface area contributed by atoms with Gasteiger partial charge in [-0.15, -0.1) is 0 Å². The van der Waals surface area contributed by atoms with Crippen LogP contribution in [0.2, 0.25) is 0 Å². The Kier molecular flexibility index (Phi) is 37.0. The Morgan fingerprint density at radius 1 is 0.433 bits per heavy atom. The molecule has 2 saturated heterocycles. The van der Waals surface area contributed by atoms with Gasteiger partial charge in [0.2, 0.25) is 106 Å². The SMILES string of the molecule is C[C@@H]1NC(=O)[C@H]([C@@H](C)O)NC(=O)CNC(=O)[C@H](Cc2c[nH]cn2)NC(=O)C(Cc2c[nH]c3ccccc23)NC(=O)[C@H](CC(N)=O)NC(=O)CNC(=O)C[C@@H](C(=O)N[C@@H](Cc2c[nH]c3ccccc23)C(=O)N[C@@H](Cc2ccccc2)C(=O)N[C@@H](Cc2ccccc2)C(=O)N[C@@H](CC(N)=O)C(=O)N[C@@H](Cc2ccc(O)cc2)C(=O)N[C@@H](Cc2ccc(O)cc2)C(=O)N[C@@H](Cc2c[nH]c3c(O)cccc23)C(=O)O)NC(=O)[C@@H]2CCCN2C1=O. The smallest absolute Gasteiger partial charge is 0.326 e. The molecule has 2 aliphatic rings. The molecule has 6 heterocycles. The number of carbonyl (C=O) groups is 19. The average molecular weight is 2060 g/mol. The Morgan fingerprint density at radius 2 is 0.893 bits per heavy atom. The number of nitrogens with zero attached hydrogens (tertiary/aromatic N) is 2. The Morgan fingerprint density at radius 3 is 1.43 bits per heavy atom. The lowest BCUT2D eigenvalue weighted by Crippen LogP contribution is -2.62. The summed E-state index contributed by atoms with van der Waals surface area (Å²) in [4.78, 5) is 294. The number of carbonyl (C=O) groups excluding carboxylic acids is 18. The first-order valence-corrected chi connectivity index (χ1v) is 48.1. The molecule has 13 rings (SSSR count). The van der Waals surface area contributed by atoms with Crippen LogP contribution in [-0.4, -0.2) is 278 Å². The van der Waals surface area contributed by atoms with E-state index in [4.69, 9.17) is 11.5 Å². The van der Waals surface area contributed by atoms with Gasteiger partial charge in [0, 0.05) is 110 Å². The zero-order valence-electron chi connectivity index (χ0n) is 81.1. The summed E-state index contributed by atoms with van der Waals surface area (Å²) in [6, 6.07) is 20.3. The number of primary amides is 2. The van der Waals surface area contributed by atoms with E-state index in [1.165, 1.54) is 92.5 Å². The maximum Gasteiger partial charge on any atom is 0.326 e. The maximum atomic E-state index is 15.9. The van der Waals surface area contributed by atoms with Gasteiger partial charge in [-0.3, -0.25) is 86.3 Å². The summed E-state index contributed by atoms with van der Waals surface area (Å²) in [5, 5.41) is 91.9. The number of aromatic hydroxyl groups is 3. The summed E-state index contributed by atoms with van der Waals surface area (Å²) in [6.45, 7) is 0.254. The summed E-state index contributed by atoms with van der Waals surface area (Å²) in [7, 11) is 0. The number of aromatic nitrogens is 5. The number of aliphatic carboxylic acids is 1. The highest BCUT2D eigenvalue weighted by molar-refractivity contribution is 6.04. The van der Waals surface area contributed by atoms with Crippen LogP contribution in [0.15, 0.2) is 207 Å². The first-order valence-electron chi connectivity index (χ1n) is 48.1. The summed E-state index contributed by atoms with van der Waals surface area (Å²) >= 11 is 0. The molecular formula is C103H115N23O24. The molecule has 15 atom stereocenters. The number of hydrogen-bond acceptors (Lipinski definition) is 24. The van der Waals surface area contributed by atoms with Gasteiger partial charge in [0.1, 0.15) is 102 Å². The van der Waals surface area contributed by atoms with Crippen LogP contribution in [0.5, 0.6) is 17.2 Å². The molecule has 786 valence electrons. The van der Waals surface area contributed by atoms with Gasteiger partial charge >= 0.3 is 5.97 Å². The van der Waals surface area contributed by atoms with E-state index in [9.17, 15) is 83.1 Å². The monoisotopic (exact) mass is 2060 g/mol. The molecule has 150 heavy (non-hydrogen) atoms. The highest BCUT2D eigenvalue weighted by Gasteiger charge is 2.43. The number of benzene rings is 7. The average Bonchev–Trinajstić information content (AvgIpc) is 1.63. The number of aromatic amines is 4. The number of carboxylic acids is 1. The van der Waals surface area contributed by atoms with Gasteiger partial charge in [-0.1, -0.05) is 133 Å². The summed E-state index contributed by atoms with van der Waals surface area (Å²) < 4.78 is 0. The minimum atomic E-state index is -2.12. The van der Waals surface area contributed by atoms with Crippen LogP contribution in [0, 0.1) is 0 Å². The fraction of sp³-hybridized carbons (Fsp3) is 0.320. The van der Waals surface area contributed by atoms with Crippen molar-refractivity contribution in [1.29, 1.82) is 0 Å². The van der Waals surface area contributed by atoms with Crippen molar-refractivity contribution in [3.63, 3.8) is 0 Å². The van der Waals surface area contributed by atoms with Crippen molar-refractivity contribution in [1.82, 2.24) is 110 Å². The number of amides is 18. The van der Waals surface area contributed by atoms with Gasteiger partial charge < -0.3 is 142 Å². The van der Waals surface area contributed by atoms with E-state index < -0.39 is 261 Å². The molecule has 1 unspecified atom stereocenters. The molecule has 2 fully saturated rings. The Labute approximate surface area is 855 Å². The van der Waals surface area contributed by atoms with Crippen LogP contribution < -0.4 is 91.2 Å². The van der Waals surface area contributed by atoms with Crippen LogP contribution in [0.4, 0.5) is 0 Å². The van der Waals surface area contributed by atoms with Gasteiger partial charge in [-0.2, -0.15) is 0 Å². The first kappa shape index (κ1) is 109. The number of fused-ring (bicyclic) bond motifs is 4. The number of phenolic OH excluding ortho intramolecular Hbond substituents is 3. The highest BCUT2D eigenvalue weighted by atomic mass is 16.4. The highest BCUT2D eigenvalue weighted by Crippen LogP contribution is 2.29. The molecule has 2 aliphatic heterocycles. The second-order valence-corrected chi connectivity index (χ2v) is 36.5. The van der Waals surface area contributed by atoms with Crippen LogP contribution in [0.3, 0.4) is 0 Å². The minimum absolute atomic E-state index is 0.117. The second kappa shape index (κ2) is 50.9. The second-order valence-electron chi connectivity index (χ2n) is 36.5. The molecule has 0 radical (unpaired) electrons. The van der Waals surface area contributed by atoms with E-state index in [1.807, 2.05) is 0 Å². The zero-order valence-corrected chi connectivity index (χ0v) is 81.1. The number of nitrogens with one attached hydrogen (secondary N) is 19. The molecule has 47 nitrogen and oxygen atoms in total.